The quantitative estimate of drug-likeness (QED) is 0.838. The number of anilines is 1. The number of amides is 1. The zero-order valence-electron chi connectivity index (χ0n) is 10.4. The van der Waals surface area contributed by atoms with Gasteiger partial charge >= 0.3 is 5.69 Å². The van der Waals surface area contributed by atoms with Gasteiger partial charge in [-0.3, -0.25) is 4.79 Å². The van der Waals surface area contributed by atoms with Gasteiger partial charge in [0.2, 0.25) is 5.91 Å². The van der Waals surface area contributed by atoms with Crippen LogP contribution in [0.2, 0.25) is 0 Å². The Kier molecular flexibility index (Phi) is 4.09. The number of carbonyl (C=O) groups excluding carboxylic acids is 1. The fourth-order valence-corrected chi connectivity index (χ4v) is 2.01. The molecule has 2 heterocycles. The zero-order valence-corrected chi connectivity index (χ0v) is 10.4. The number of aryl methyl sites for hydroxylation is 1. The van der Waals surface area contributed by atoms with Gasteiger partial charge in [0.25, 0.3) is 0 Å². The first-order chi connectivity index (χ1) is 8.63. The SMILES string of the molecule is Cc1cc(NC(=O)CC2CCCCO2)nc(=O)[nH]1. The lowest BCUT2D eigenvalue weighted by Gasteiger charge is -2.21. The summed E-state index contributed by atoms with van der Waals surface area (Å²) in [6.45, 7) is 2.46. The zero-order chi connectivity index (χ0) is 13.0. The molecule has 6 nitrogen and oxygen atoms in total. The van der Waals surface area contributed by atoms with Crippen LogP contribution in [-0.2, 0) is 9.53 Å². The second kappa shape index (κ2) is 5.77. The highest BCUT2D eigenvalue weighted by molar-refractivity contribution is 5.90. The van der Waals surface area contributed by atoms with E-state index in [0.717, 1.165) is 25.9 Å². The van der Waals surface area contributed by atoms with Gasteiger partial charge in [-0.05, 0) is 26.2 Å². The molecule has 0 radical (unpaired) electrons. The number of carbonyl (C=O) groups is 1. The van der Waals surface area contributed by atoms with Crippen LogP contribution >= 0.6 is 0 Å². The second-order valence-corrected chi connectivity index (χ2v) is 4.50. The molecule has 1 aliphatic heterocycles. The molecule has 1 aromatic rings. The number of aromatic amines is 1. The van der Waals surface area contributed by atoms with Gasteiger partial charge in [0.05, 0.1) is 12.5 Å². The molecule has 98 valence electrons. The number of nitrogens with zero attached hydrogens (tertiary/aromatic N) is 1. The molecule has 1 aromatic heterocycles. The Morgan fingerprint density at radius 3 is 3.11 bits per heavy atom. The molecule has 0 saturated carbocycles. The van der Waals surface area contributed by atoms with Crippen molar-refractivity contribution in [1.29, 1.82) is 0 Å². The van der Waals surface area contributed by atoms with Crippen molar-refractivity contribution in [1.82, 2.24) is 9.97 Å². The lowest BCUT2D eigenvalue weighted by atomic mass is 10.1. The highest BCUT2D eigenvalue weighted by Crippen LogP contribution is 2.16. The van der Waals surface area contributed by atoms with E-state index in [-0.39, 0.29) is 17.8 Å². The van der Waals surface area contributed by atoms with E-state index in [4.69, 9.17) is 4.74 Å². The van der Waals surface area contributed by atoms with Gasteiger partial charge in [-0.15, -0.1) is 0 Å². The van der Waals surface area contributed by atoms with Crippen molar-refractivity contribution in [2.75, 3.05) is 11.9 Å². The summed E-state index contributed by atoms with van der Waals surface area (Å²) in [7, 11) is 0. The summed E-state index contributed by atoms with van der Waals surface area (Å²) < 4.78 is 5.48. The van der Waals surface area contributed by atoms with Crippen LogP contribution in [0, 0.1) is 6.92 Å². The summed E-state index contributed by atoms with van der Waals surface area (Å²) >= 11 is 0. The number of aromatic nitrogens is 2. The predicted molar refractivity (Wildman–Crippen MR) is 66.4 cm³/mol. The van der Waals surface area contributed by atoms with Crippen molar-refractivity contribution in [3.63, 3.8) is 0 Å². The lowest BCUT2D eigenvalue weighted by molar-refractivity contribution is -0.119. The van der Waals surface area contributed by atoms with Crippen LogP contribution in [0.25, 0.3) is 0 Å². The standard InChI is InChI=1S/C12H17N3O3/c1-8-6-10(15-12(17)13-8)14-11(16)7-9-4-2-3-5-18-9/h6,9H,2-5,7H2,1H3,(H2,13,14,15,16,17). The number of rotatable bonds is 3. The molecule has 2 N–H and O–H groups in total. The van der Waals surface area contributed by atoms with Crippen molar-refractivity contribution in [2.24, 2.45) is 0 Å². The van der Waals surface area contributed by atoms with E-state index in [2.05, 4.69) is 15.3 Å². The van der Waals surface area contributed by atoms with Crippen LogP contribution < -0.4 is 11.0 Å². The molecule has 1 amide bonds. The van der Waals surface area contributed by atoms with Crippen molar-refractivity contribution in [3.05, 3.63) is 22.2 Å². The van der Waals surface area contributed by atoms with Crippen molar-refractivity contribution in [2.45, 2.75) is 38.7 Å². The Bertz CT molecular complexity index is 478. The monoisotopic (exact) mass is 251 g/mol. The first kappa shape index (κ1) is 12.8. The summed E-state index contributed by atoms with van der Waals surface area (Å²) in [6.07, 6.45) is 3.37. The first-order valence-corrected chi connectivity index (χ1v) is 6.13. The van der Waals surface area contributed by atoms with Gasteiger partial charge < -0.3 is 15.0 Å². The topological polar surface area (TPSA) is 84.1 Å². The van der Waals surface area contributed by atoms with E-state index in [1.807, 2.05) is 0 Å². The number of hydrogen-bond acceptors (Lipinski definition) is 4. The molecule has 1 fully saturated rings. The Balaban J connectivity index is 1.91. The Morgan fingerprint density at radius 2 is 2.44 bits per heavy atom. The molecular weight excluding hydrogens is 234 g/mol. The fourth-order valence-electron chi connectivity index (χ4n) is 2.01. The minimum absolute atomic E-state index is 0.0122. The number of hydrogen-bond donors (Lipinski definition) is 2. The number of H-pyrrole nitrogens is 1. The van der Waals surface area contributed by atoms with E-state index in [9.17, 15) is 9.59 Å². The summed E-state index contributed by atoms with van der Waals surface area (Å²) in [5, 5.41) is 2.62. The van der Waals surface area contributed by atoms with Crippen LogP contribution in [0.15, 0.2) is 10.9 Å². The molecule has 1 unspecified atom stereocenters. The molecule has 0 aromatic carbocycles. The van der Waals surface area contributed by atoms with Crippen LogP contribution in [0.1, 0.15) is 31.4 Å². The highest BCUT2D eigenvalue weighted by Gasteiger charge is 2.17. The lowest BCUT2D eigenvalue weighted by Crippen LogP contribution is -2.26. The van der Waals surface area contributed by atoms with Crippen molar-refractivity contribution >= 4 is 11.7 Å². The smallest absolute Gasteiger partial charge is 0.347 e. The van der Waals surface area contributed by atoms with Gasteiger partial charge in [0, 0.05) is 18.4 Å². The minimum Gasteiger partial charge on any atom is -0.378 e. The average molecular weight is 251 g/mol. The third kappa shape index (κ3) is 3.66. The minimum atomic E-state index is -0.459. The Labute approximate surface area is 105 Å². The molecule has 18 heavy (non-hydrogen) atoms. The molecule has 0 bridgehead atoms. The maximum Gasteiger partial charge on any atom is 0.347 e. The van der Waals surface area contributed by atoms with Crippen molar-refractivity contribution in [3.8, 4) is 0 Å². The molecule has 0 spiro atoms. The van der Waals surface area contributed by atoms with E-state index < -0.39 is 5.69 Å². The van der Waals surface area contributed by atoms with E-state index in [1.165, 1.54) is 0 Å². The van der Waals surface area contributed by atoms with Crippen LogP contribution in [0.5, 0.6) is 0 Å². The van der Waals surface area contributed by atoms with Gasteiger partial charge in [-0.1, -0.05) is 0 Å². The van der Waals surface area contributed by atoms with Gasteiger partial charge in [0.15, 0.2) is 0 Å². The molecule has 1 atom stereocenters. The number of ether oxygens (including phenoxy) is 1. The molecular formula is C12H17N3O3. The molecule has 2 rings (SSSR count). The maximum absolute atomic E-state index is 11.8. The summed E-state index contributed by atoms with van der Waals surface area (Å²) in [6, 6.07) is 1.63. The predicted octanol–water partition coefficient (Wildman–Crippen LogP) is 0.976. The second-order valence-electron chi connectivity index (χ2n) is 4.50. The van der Waals surface area contributed by atoms with Gasteiger partial charge in [0.1, 0.15) is 5.82 Å². The normalized spacial score (nSPS) is 19.5. The molecule has 1 aliphatic rings. The maximum atomic E-state index is 11.8. The van der Waals surface area contributed by atoms with E-state index in [1.54, 1.807) is 13.0 Å². The number of nitrogens with one attached hydrogen (secondary N) is 2. The average Bonchev–Trinajstić information content (AvgIpc) is 2.28. The van der Waals surface area contributed by atoms with Crippen LogP contribution in [-0.4, -0.2) is 28.6 Å². The summed E-state index contributed by atoms with van der Waals surface area (Å²) in [5.74, 6) is 0.122. The fraction of sp³-hybridized carbons (Fsp3) is 0.583. The van der Waals surface area contributed by atoms with Gasteiger partial charge in [-0.2, -0.15) is 4.98 Å². The van der Waals surface area contributed by atoms with Crippen LogP contribution in [0.3, 0.4) is 0 Å². The Hall–Kier alpha value is -1.69. The summed E-state index contributed by atoms with van der Waals surface area (Å²) in [5.41, 5.74) is 0.207. The third-order valence-electron chi connectivity index (χ3n) is 2.83. The summed E-state index contributed by atoms with van der Waals surface area (Å²) in [4.78, 5) is 29.1. The van der Waals surface area contributed by atoms with E-state index >= 15 is 0 Å². The molecule has 6 heteroatoms. The van der Waals surface area contributed by atoms with Crippen LogP contribution in [0.4, 0.5) is 5.82 Å². The first-order valence-electron chi connectivity index (χ1n) is 6.13. The van der Waals surface area contributed by atoms with Gasteiger partial charge in [-0.25, -0.2) is 4.79 Å². The Morgan fingerprint density at radius 1 is 1.61 bits per heavy atom. The van der Waals surface area contributed by atoms with E-state index in [0.29, 0.717) is 12.1 Å². The largest absolute Gasteiger partial charge is 0.378 e. The molecule has 0 aliphatic carbocycles. The highest BCUT2D eigenvalue weighted by atomic mass is 16.5. The third-order valence-corrected chi connectivity index (χ3v) is 2.83. The molecule has 1 saturated heterocycles. The van der Waals surface area contributed by atoms with Crippen molar-refractivity contribution < 1.29 is 9.53 Å².